The molecule has 0 aliphatic heterocycles. The number of nitrogens with zero attached hydrogens (tertiary/aromatic N) is 1. The molecule has 1 amide bonds. The monoisotopic (exact) mass is 501 g/mol. The number of rotatable bonds is 7. The summed E-state index contributed by atoms with van der Waals surface area (Å²) in [5, 5.41) is 2.69. The van der Waals surface area contributed by atoms with Gasteiger partial charge in [-0.05, 0) is 79.9 Å². The van der Waals surface area contributed by atoms with E-state index >= 15 is 0 Å². The molecule has 3 rings (SSSR count). The Balaban J connectivity index is 1.87. The van der Waals surface area contributed by atoms with Crippen molar-refractivity contribution in [2.75, 3.05) is 27.6 Å². The van der Waals surface area contributed by atoms with Gasteiger partial charge in [-0.2, -0.15) is 0 Å². The third kappa shape index (κ3) is 5.75. The third-order valence-electron chi connectivity index (χ3n) is 5.46. The molecule has 0 aromatic heterocycles. The minimum absolute atomic E-state index is 0.0102. The Hall–Kier alpha value is -3.37. The van der Waals surface area contributed by atoms with Gasteiger partial charge >= 0.3 is 0 Å². The first kappa shape index (κ1) is 25.3. The van der Waals surface area contributed by atoms with Gasteiger partial charge in [0.15, 0.2) is 0 Å². The average molecular weight is 502 g/mol. The number of aryl methyl sites for hydroxylation is 3. The van der Waals surface area contributed by atoms with Crippen molar-refractivity contribution in [2.45, 2.75) is 25.7 Å². The maximum absolute atomic E-state index is 13.1. The number of amides is 1. The summed E-state index contributed by atoms with van der Waals surface area (Å²) >= 11 is 0. The number of benzene rings is 3. The van der Waals surface area contributed by atoms with E-state index in [4.69, 9.17) is 0 Å². The maximum Gasteiger partial charge on any atom is 0.262 e. The summed E-state index contributed by atoms with van der Waals surface area (Å²) in [7, 11) is -5.99. The van der Waals surface area contributed by atoms with E-state index in [1.807, 2.05) is 19.9 Å². The van der Waals surface area contributed by atoms with Gasteiger partial charge in [-0.25, -0.2) is 16.8 Å². The Kier molecular flexibility index (Phi) is 7.04. The van der Waals surface area contributed by atoms with Crippen LogP contribution in [-0.4, -0.2) is 36.0 Å². The quantitative estimate of drug-likeness (QED) is 0.507. The highest BCUT2D eigenvalue weighted by Gasteiger charge is 2.20. The van der Waals surface area contributed by atoms with Crippen molar-refractivity contribution in [2.24, 2.45) is 0 Å². The lowest BCUT2D eigenvalue weighted by atomic mass is 10.1. The molecule has 0 fully saturated rings. The number of nitrogens with one attached hydrogen (secondary N) is 2. The molecule has 0 heterocycles. The fraction of sp³-hybridized carbons (Fsp3) is 0.208. The lowest BCUT2D eigenvalue weighted by molar-refractivity contribution is 0.102. The van der Waals surface area contributed by atoms with Gasteiger partial charge in [0.1, 0.15) is 0 Å². The van der Waals surface area contributed by atoms with Crippen LogP contribution in [0.4, 0.5) is 17.1 Å². The summed E-state index contributed by atoms with van der Waals surface area (Å²) in [6.45, 7) is 5.49. The molecular formula is C24H27N3O5S2. The second kappa shape index (κ2) is 9.47. The predicted octanol–water partition coefficient (Wildman–Crippen LogP) is 4.06. The fourth-order valence-corrected chi connectivity index (χ4v) is 5.04. The van der Waals surface area contributed by atoms with Crippen molar-refractivity contribution in [1.29, 1.82) is 0 Å². The fourth-order valence-electron chi connectivity index (χ4n) is 3.22. The molecule has 0 spiro atoms. The van der Waals surface area contributed by atoms with Crippen molar-refractivity contribution < 1.29 is 21.6 Å². The molecule has 0 unspecified atom stereocenters. The zero-order valence-electron chi connectivity index (χ0n) is 19.6. The van der Waals surface area contributed by atoms with Crippen LogP contribution in [0.5, 0.6) is 0 Å². The van der Waals surface area contributed by atoms with E-state index in [1.165, 1.54) is 25.2 Å². The Morgan fingerprint density at radius 3 is 2.12 bits per heavy atom. The first-order valence-electron chi connectivity index (χ1n) is 10.3. The van der Waals surface area contributed by atoms with Crippen LogP contribution in [0.15, 0.2) is 65.6 Å². The van der Waals surface area contributed by atoms with Crippen molar-refractivity contribution >= 4 is 43.0 Å². The van der Waals surface area contributed by atoms with Crippen LogP contribution in [0, 0.1) is 20.8 Å². The number of hydrogen-bond donors (Lipinski definition) is 2. The second-order valence-corrected chi connectivity index (χ2v) is 11.8. The van der Waals surface area contributed by atoms with Gasteiger partial charge in [-0.1, -0.05) is 18.2 Å². The second-order valence-electron chi connectivity index (χ2n) is 8.12. The van der Waals surface area contributed by atoms with Gasteiger partial charge in [0, 0.05) is 24.0 Å². The number of anilines is 3. The number of hydrogen-bond acceptors (Lipinski definition) is 5. The largest absolute Gasteiger partial charge is 0.322 e. The molecule has 0 atom stereocenters. The molecule has 34 heavy (non-hydrogen) atoms. The smallest absolute Gasteiger partial charge is 0.262 e. The van der Waals surface area contributed by atoms with Crippen LogP contribution in [0.25, 0.3) is 0 Å². The summed E-state index contributed by atoms with van der Waals surface area (Å²) in [4.78, 5) is 12.9. The van der Waals surface area contributed by atoms with Crippen LogP contribution in [0.1, 0.15) is 27.0 Å². The molecule has 3 aromatic carbocycles. The Morgan fingerprint density at radius 1 is 0.794 bits per heavy atom. The molecule has 0 aliphatic carbocycles. The topological polar surface area (TPSA) is 113 Å². The van der Waals surface area contributed by atoms with Crippen LogP contribution >= 0.6 is 0 Å². The lowest BCUT2D eigenvalue weighted by Crippen LogP contribution is -2.25. The average Bonchev–Trinajstić information content (AvgIpc) is 2.75. The zero-order valence-corrected chi connectivity index (χ0v) is 21.2. The molecule has 3 aromatic rings. The van der Waals surface area contributed by atoms with Crippen LogP contribution in [0.2, 0.25) is 0 Å². The molecule has 2 N–H and O–H groups in total. The number of sulfonamides is 2. The van der Waals surface area contributed by atoms with E-state index in [0.717, 1.165) is 21.7 Å². The van der Waals surface area contributed by atoms with Crippen LogP contribution < -0.4 is 14.3 Å². The normalized spacial score (nSPS) is 11.7. The summed E-state index contributed by atoms with van der Waals surface area (Å²) < 4.78 is 53.4. The van der Waals surface area contributed by atoms with Gasteiger partial charge in [-0.15, -0.1) is 0 Å². The highest BCUT2D eigenvalue weighted by atomic mass is 32.2. The minimum atomic E-state index is -3.94. The van der Waals surface area contributed by atoms with Gasteiger partial charge < -0.3 is 5.32 Å². The molecule has 0 aliphatic rings. The summed E-state index contributed by atoms with van der Waals surface area (Å²) in [6.07, 6.45) is 1.08. The van der Waals surface area contributed by atoms with E-state index in [2.05, 4.69) is 10.0 Å². The van der Waals surface area contributed by atoms with Crippen LogP contribution in [0.3, 0.4) is 0 Å². The van der Waals surface area contributed by atoms with Gasteiger partial charge in [0.05, 0.1) is 16.8 Å². The number of carbonyl (C=O) groups excluding carboxylic acids is 1. The van der Waals surface area contributed by atoms with E-state index in [-0.39, 0.29) is 10.5 Å². The van der Waals surface area contributed by atoms with Crippen molar-refractivity contribution in [3.63, 3.8) is 0 Å². The molecule has 0 bridgehead atoms. The van der Waals surface area contributed by atoms with Crippen molar-refractivity contribution in [3.8, 4) is 0 Å². The Bertz CT molecular complexity index is 1470. The predicted molar refractivity (Wildman–Crippen MR) is 136 cm³/mol. The first-order valence-corrected chi connectivity index (χ1v) is 13.7. The Morgan fingerprint density at radius 2 is 1.47 bits per heavy atom. The van der Waals surface area contributed by atoms with Gasteiger partial charge in [0.2, 0.25) is 10.0 Å². The SMILES string of the molecule is Cc1ccc(NS(=O)(=O)c2cc(C(=O)Nc3cccc(N(C)S(C)(=O)=O)c3)ccc2C)cc1C. The highest BCUT2D eigenvalue weighted by Crippen LogP contribution is 2.24. The van der Waals surface area contributed by atoms with E-state index in [1.54, 1.807) is 43.3 Å². The molecule has 0 saturated carbocycles. The lowest BCUT2D eigenvalue weighted by Gasteiger charge is -2.17. The standard InChI is InChI=1S/C24H27N3O5S2/c1-16-10-12-21(13-18(16)3)26-34(31,32)23-14-19(11-9-17(23)2)24(28)25-20-7-6-8-22(15-20)27(4)33(5,29)30/h6-15,26H,1-5H3,(H,25,28). The molecule has 10 heteroatoms. The first-order chi connectivity index (χ1) is 15.8. The summed E-state index contributed by atoms with van der Waals surface area (Å²) in [5.41, 5.74) is 3.82. The van der Waals surface area contributed by atoms with Crippen molar-refractivity contribution in [1.82, 2.24) is 0 Å². The number of carbonyl (C=O) groups is 1. The van der Waals surface area contributed by atoms with Crippen LogP contribution in [-0.2, 0) is 20.0 Å². The van der Waals surface area contributed by atoms with Gasteiger partial charge in [-0.3, -0.25) is 13.8 Å². The van der Waals surface area contributed by atoms with E-state index < -0.39 is 26.0 Å². The zero-order chi connectivity index (χ0) is 25.3. The van der Waals surface area contributed by atoms with E-state index in [0.29, 0.717) is 22.6 Å². The molecule has 180 valence electrons. The minimum Gasteiger partial charge on any atom is -0.322 e. The maximum atomic E-state index is 13.1. The molecule has 8 nitrogen and oxygen atoms in total. The highest BCUT2D eigenvalue weighted by molar-refractivity contribution is 7.92. The van der Waals surface area contributed by atoms with Crippen molar-refractivity contribution in [3.05, 3.63) is 82.9 Å². The molecule has 0 saturated heterocycles. The van der Waals surface area contributed by atoms with Gasteiger partial charge in [0.25, 0.3) is 15.9 Å². The third-order valence-corrected chi connectivity index (χ3v) is 8.19. The summed E-state index contributed by atoms with van der Waals surface area (Å²) in [5.74, 6) is -0.526. The van der Waals surface area contributed by atoms with E-state index in [9.17, 15) is 21.6 Å². The summed E-state index contributed by atoms with van der Waals surface area (Å²) in [6, 6.07) is 16.0. The molecule has 0 radical (unpaired) electrons. The Labute approximate surface area is 200 Å². The molecular weight excluding hydrogens is 474 g/mol.